The summed E-state index contributed by atoms with van der Waals surface area (Å²) in [5.41, 5.74) is 2.21. The zero-order valence-electron chi connectivity index (χ0n) is 19.9. The molecule has 10 heteroatoms. The maximum Gasteiger partial charge on any atom is 0.341 e. The lowest BCUT2D eigenvalue weighted by molar-refractivity contribution is 0.0525. The molecule has 184 valence electrons. The Bertz CT molecular complexity index is 1070. The van der Waals surface area contributed by atoms with Crippen molar-refractivity contribution < 1.29 is 28.5 Å². The molecule has 8 nitrogen and oxygen atoms in total. The van der Waals surface area contributed by atoms with E-state index in [1.165, 1.54) is 50.0 Å². The molecule has 0 saturated heterocycles. The Balaban J connectivity index is 1.93. The molecule has 2 N–H and O–H groups in total. The summed E-state index contributed by atoms with van der Waals surface area (Å²) >= 11 is 7.08. The SMILES string of the molecule is CCOC(=O)c1c(NC(=S)Nc2cc(OC)c(OC)cc2C(=O)OC)sc2c1CCCCCC2. The molecule has 0 aliphatic heterocycles. The number of ether oxygens (including phenoxy) is 4. The van der Waals surface area contributed by atoms with Crippen molar-refractivity contribution in [3.8, 4) is 11.5 Å². The molecule has 0 saturated carbocycles. The molecule has 1 aromatic carbocycles. The van der Waals surface area contributed by atoms with E-state index in [1.807, 2.05) is 0 Å². The standard InChI is InChI=1S/C24H30N2O6S2/c1-5-32-23(28)20-14-10-8-6-7-9-11-19(14)34-21(20)26-24(33)25-16-13-18(30-3)17(29-2)12-15(16)22(27)31-4/h12-13H,5-11H2,1-4H3,(H2,25,26,33). The Morgan fingerprint density at radius 1 is 0.971 bits per heavy atom. The molecule has 1 heterocycles. The van der Waals surface area contributed by atoms with Crippen LogP contribution in [0.3, 0.4) is 0 Å². The van der Waals surface area contributed by atoms with Crippen molar-refractivity contribution in [1.82, 2.24) is 0 Å². The lowest BCUT2D eigenvalue weighted by Gasteiger charge is -2.16. The topological polar surface area (TPSA) is 95.1 Å². The molecule has 2 aromatic rings. The Morgan fingerprint density at radius 2 is 1.65 bits per heavy atom. The van der Waals surface area contributed by atoms with Gasteiger partial charge in [0, 0.05) is 17.0 Å². The number of carbonyl (C=O) groups excluding carboxylic acids is 2. The first-order chi connectivity index (χ1) is 16.4. The summed E-state index contributed by atoms with van der Waals surface area (Å²) < 4.78 is 20.9. The molecule has 1 aliphatic carbocycles. The number of hydrogen-bond donors (Lipinski definition) is 2. The third-order valence-electron chi connectivity index (χ3n) is 5.56. The van der Waals surface area contributed by atoms with Crippen LogP contribution in [0.1, 0.15) is 63.8 Å². The van der Waals surface area contributed by atoms with Gasteiger partial charge in [-0.25, -0.2) is 9.59 Å². The summed E-state index contributed by atoms with van der Waals surface area (Å²) in [4.78, 5) is 26.4. The highest BCUT2D eigenvalue weighted by molar-refractivity contribution is 7.80. The Kier molecular flexibility index (Phi) is 9.12. The second-order valence-corrected chi connectivity index (χ2v) is 9.18. The van der Waals surface area contributed by atoms with Crippen LogP contribution in [-0.4, -0.2) is 45.0 Å². The molecule has 0 atom stereocenters. The van der Waals surface area contributed by atoms with E-state index in [0.29, 0.717) is 34.4 Å². The number of nitrogens with one attached hydrogen (secondary N) is 2. The predicted octanol–water partition coefficient (Wildman–Crippen LogP) is 5.20. The van der Waals surface area contributed by atoms with Crippen LogP contribution < -0.4 is 20.1 Å². The minimum absolute atomic E-state index is 0.220. The fourth-order valence-corrected chi connectivity index (χ4v) is 5.50. The zero-order valence-corrected chi connectivity index (χ0v) is 21.5. The average molecular weight is 507 g/mol. The van der Waals surface area contributed by atoms with Crippen molar-refractivity contribution >= 4 is 51.3 Å². The minimum atomic E-state index is -0.558. The molecule has 0 bridgehead atoms. The van der Waals surface area contributed by atoms with Crippen molar-refractivity contribution in [2.75, 3.05) is 38.6 Å². The van der Waals surface area contributed by atoms with Gasteiger partial charge in [0.05, 0.1) is 44.8 Å². The lowest BCUT2D eigenvalue weighted by atomic mass is 9.96. The average Bonchev–Trinajstić information content (AvgIpc) is 3.13. The van der Waals surface area contributed by atoms with Crippen LogP contribution in [0.15, 0.2) is 12.1 Å². The quantitative estimate of drug-likeness (QED) is 0.388. The number of fused-ring (bicyclic) bond motifs is 1. The van der Waals surface area contributed by atoms with E-state index in [0.717, 1.165) is 37.7 Å². The molecule has 0 amide bonds. The molecular formula is C24H30N2O6S2. The van der Waals surface area contributed by atoms with E-state index in [2.05, 4.69) is 10.6 Å². The van der Waals surface area contributed by atoms with Gasteiger partial charge in [-0.3, -0.25) is 0 Å². The fourth-order valence-electron chi connectivity index (χ4n) is 3.94. The van der Waals surface area contributed by atoms with E-state index in [4.69, 9.17) is 31.2 Å². The number of thiocarbonyl (C=S) groups is 1. The Labute approximate surface area is 208 Å². The molecule has 1 aromatic heterocycles. The van der Waals surface area contributed by atoms with Crippen LogP contribution in [0.4, 0.5) is 10.7 Å². The summed E-state index contributed by atoms with van der Waals surface area (Å²) in [6, 6.07) is 3.13. The minimum Gasteiger partial charge on any atom is -0.493 e. The first-order valence-corrected chi connectivity index (χ1v) is 12.4. The van der Waals surface area contributed by atoms with Crippen LogP contribution in [0, 0.1) is 0 Å². The Hall–Kier alpha value is -2.85. The van der Waals surface area contributed by atoms with Crippen molar-refractivity contribution in [2.24, 2.45) is 0 Å². The first kappa shape index (κ1) is 25.8. The molecule has 0 radical (unpaired) electrons. The maximum absolute atomic E-state index is 12.9. The summed E-state index contributed by atoms with van der Waals surface area (Å²) in [5.74, 6) is -0.105. The first-order valence-electron chi connectivity index (χ1n) is 11.2. The smallest absolute Gasteiger partial charge is 0.341 e. The number of carbonyl (C=O) groups is 2. The number of hydrogen-bond acceptors (Lipinski definition) is 8. The monoisotopic (exact) mass is 506 g/mol. The van der Waals surface area contributed by atoms with Gasteiger partial charge < -0.3 is 29.6 Å². The molecule has 0 spiro atoms. The second kappa shape index (κ2) is 12.0. The normalized spacial score (nSPS) is 13.1. The number of thiophene rings is 1. The van der Waals surface area contributed by atoms with Gasteiger partial charge in [-0.1, -0.05) is 12.8 Å². The number of rotatable bonds is 7. The van der Waals surface area contributed by atoms with Crippen LogP contribution in [0.25, 0.3) is 0 Å². The van der Waals surface area contributed by atoms with E-state index >= 15 is 0 Å². The molecular weight excluding hydrogens is 476 g/mol. The van der Waals surface area contributed by atoms with Crippen molar-refractivity contribution in [2.45, 2.75) is 45.4 Å². The van der Waals surface area contributed by atoms with Crippen LogP contribution in [0.5, 0.6) is 11.5 Å². The van der Waals surface area contributed by atoms with Gasteiger partial charge >= 0.3 is 11.9 Å². The van der Waals surface area contributed by atoms with E-state index in [9.17, 15) is 9.59 Å². The predicted molar refractivity (Wildman–Crippen MR) is 137 cm³/mol. The van der Waals surface area contributed by atoms with Gasteiger partial charge in [0.15, 0.2) is 16.6 Å². The number of methoxy groups -OCH3 is 3. The van der Waals surface area contributed by atoms with E-state index in [1.54, 1.807) is 13.0 Å². The highest BCUT2D eigenvalue weighted by Gasteiger charge is 2.26. The number of aryl methyl sites for hydroxylation is 1. The highest BCUT2D eigenvalue weighted by Crippen LogP contribution is 2.38. The molecule has 1 aliphatic rings. The van der Waals surface area contributed by atoms with Crippen molar-refractivity contribution in [1.29, 1.82) is 0 Å². The fraction of sp³-hybridized carbons (Fsp3) is 0.458. The second-order valence-electron chi connectivity index (χ2n) is 7.67. The van der Waals surface area contributed by atoms with Gasteiger partial charge in [-0.2, -0.15) is 0 Å². The van der Waals surface area contributed by atoms with Gasteiger partial charge in [0.25, 0.3) is 0 Å². The van der Waals surface area contributed by atoms with E-state index < -0.39 is 5.97 Å². The molecule has 3 rings (SSSR count). The third-order valence-corrected chi connectivity index (χ3v) is 6.97. The van der Waals surface area contributed by atoms with Gasteiger partial charge in [0.2, 0.25) is 0 Å². The van der Waals surface area contributed by atoms with Gasteiger partial charge in [0.1, 0.15) is 5.00 Å². The summed E-state index contributed by atoms with van der Waals surface area (Å²) in [6.45, 7) is 2.08. The van der Waals surface area contributed by atoms with Crippen molar-refractivity contribution in [3.63, 3.8) is 0 Å². The van der Waals surface area contributed by atoms with Crippen molar-refractivity contribution in [3.05, 3.63) is 33.7 Å². The lowest BCUT2D eigenvalue weighted by Crippen LogP contribution is -2.22. The van der Waals surface area contributed by atoms with Gasteiger partial charge in [-0.15, -0.1) is 11.3 Å². The molecule has 34 heavy (non-hydrogen) atoms. The summed E-state index contributed by atoms with van der Waals surface area (Å²) in [5, 5.41) is 7.06. The highest BCUT2D eigenvalue weighted by atomic mass is 32.1. The summed E-state index contributed by atoms with van der Waals surface area (Å²) in [7, 11) is 4.29. The molecule has 0 unspecified atom stereocenters. The third kappa shape index (κ3) is 5.79. The van der Waals surface area contributed by atoms with Gasteiger partial charge in [-0.05, 0) is 50.4 Å². The largest absolute Gasteiger partial charge is 0.493 e. The molecule has 0 fully saturated rings. The van der Waals surface area contributed by atoms with Crippen LogP contribution >= 0.6 is 23.6 Å². The summed E-state index contributed by atoms with van der Waals surface area (Å²) in [6.07, 6.45) is 6.22. The zero-order chi connectivity index (χ0) is 24.7. The van der Waals surface area contributed by atoms with E-state index in [-0.39, 0.29) is 16.6 Å². The maximum atomic E-state index is 12.9. The number of esters is 2. The van der Waals surface area contributed by atoms with Crippen LogP contribution in [-0.2, 0) is 22.3 Å². The number of benzene rings is 1. The van der Waals surface area contributed by atoms with Crippen LogP contribution in [0.2, 0.25) is 0 Å². The Morgan fingerprint density at radius 3 is 2.29 bits per heavy atom. The number of anilines is 2.